The van der Waals surface area contributed by atoms with Crippen LogP contribution in [0.5, 0.6) is 0 Å². The van der Waals surface area contributed by atoms with Crippen LogP contribution in [-0.2, 0) is 13.1 Å². The van der Waals surface area contributed by atoms with Crippen LogP contribution in [0.3, 0.4) is 0 Å². The summed E-state index contributed by atoms with van der Waals surface area (Å²) in [5, 5.41) is 6.90. The van der Waals surface area contributed by atoms with Crippen LogP contribution in [0.25, 0.3) is 0 Å². The summed E-state index contributed by atoms with van der Waals surface area (Å²) in [5.41, 5.74) is 1.24. The van der Waals surface area contributed by atoms with E-state index >= 15 is 0 Å². The molecule has 1 saturated heterocycles. The molecule has 3 nitrogen and oxygen atoms in total. The lowest BCUT2D eigenvalue weighted by Crippen LogP contribution is -2.39. The molecule has 0 spiro atoms. The van der Waals surface area contributed by atoms with Gasteiger partial charge in [-0.25, -0.2) is 4.98 Å². The lowest BCUT2D eigenvalue weighted by atomic mass is 10.2. The Morgan fingerprint density at radius 2 is 2.37 bits per heavy atom. The zero-order valence-electron chi connectivity index (χ0n) is 12.2. The van der Waals surface area contributed by atoms with E-state index in [1.54, 1.807) is 11.3 Å². The maximum Gasteiger partial charge on any atom is 0.107 e. The molecule has 0 aliphatic carbocycles. The van der Waals surface area contributed by atoms with Crippen LogP contribution in [-0.4, -0.2) is 40.5 Å². The number of nitrogens with one attached hydrogen (secondary N) is 1. The molecule has 2 rings (SSSR count). The Morgan fingerprint density at radius 1 is 1.53 bits per heavy atom. The summed E-state index contributed by atoms with van der Waals surface area (Å²) in [6.45, 7) is 11.0. The molecule has 1 fully saturated rings. The van der Waals surface area contributed by atoms with Crippen LogP contribution in [0.15, 0.2) is 5.38 Å². The average molecular weight is 300 g/mol. The third kappa shape index (κ3) is 5.06. The van der Waals surface area contributed by atoms with Crippen molar-refractivity contribution in [1.29, 1.82) is 0 Å². The number of aromatic nitrogens is 1. The predicted octanol–water partition coefficient (Wildman–Crippen LogP) is 2.83. The summed E-state index contributed by atoms with van der Waals surface area (Å²) in [5.74, 6) is 3.22. The minimum absolute atomic E-state index is 0.683. The molecule has 5 heteroatoms. The largest absolute Gasteiger partial charge is 0.310 e. The van der Waals surface area contributed by atoms with Crippen molar-refractivity contribution >= 4 is 23.1 Å². The van der Waals surface area contributed by atoms with Crippen LogP contribution in [0.2, 0.25) is 0 Å². The molecule has 1 aromatic heterocycles. The molecule has 1 unspecified atom stereocenters. The first-order valence-corrected chi connectivity index (χ1v) is 9.14. The van der Waals surface area contributed by atoms with Gasteiger partial charge in [0.2, 0.25) is 0 Å². The van der Waals surface area contributed by atoms with Gasteiger partial charge in [0.15, 0.2) is 0 Å². The van der Waals surface area contributed by atoms with Crippen molar-refractivity contribution in [2.45, 2.75) is 39.9 Å². The van der Waals surface area contributed by atoms with Crippen LogP contribution in [0, 0.1) is 5.92 Å². The molecule has 0 amide bonds. The molecule has 0 bridgehead atoms. The van der Waals surface area contributed by atoms with Crippen LogP contribution in [0.4, 0.5) is 0 Å². The summed E-state index contributed by atoms with van der Waals surface area (Å²) in [4.78, 5) is 7.30. The Hall–Kier alpha value is -0.100. The van der Waals surface area contributed by atoms with E-state index in [2.05, 4.69) is 48.1 Å². The zero-order valence-corrected chi connectivity index (χ0v) is 13.8. The van der Waals surface area contributed by atoms with Gasteiger partial charge < -0.3 is 5.32 Å². The summed E-state index contributed by atoms with van der Waals surface area (Å²) >= 11 is 3.85. The molecule has 0 saturated carbocycles. The number of hydrogen-bond acceptors (Lipinski definition) is 5. The van der Waals surface area contributed by atoms with Crippen molar-refractivity contribution in [3.63, 3.8) is 0 Å². The monoisotopic (exact) mass is 299 g/mol. The maximum absolute atomic E-state index is 4.74. The fourth-order valence-electron chi connectivity index (χ4n) is 2.17. The Balaban J connectivity index is 1.79. The fourth-order valence-corrected chi connectivity index (χ4v) is 4.01. The molecule has 0 aromatic carbocycles. The number of thioether (sulfide) groups is 1. The van der Waals surface area contributed by atoms with E-state index in [-0.39, 0.29) is 0 Å². The van der Waals surface area contributed by atoms with Crippen molar-refractivity contribution < 1.29 is 0 Å². The fraction of sp³-hybridized carbons (Fsp3) is 0.786. The standard InChI is InChI=1S/C14H25N3S2/c1-11(2)6-15-7-14-16-13(10-19-14)8-17-4-5-18-9-12(17)3/h10-12,15H,4-9H2,1-3H3. The Morgan fingerprint density at radius 3 is 3.11 bits per heavy atom. The maximum atomic E-state index is 4.74. The Labute approximate surface area is 125 Å². The molecular formula is C14H25N3S2. The second-order valence-corrected chi connectivity index (χ2v) is 7.74. The van der Waals surface area contributed by atoms with Gasteiger partial charge in [-0.3, -0.25) is 4.90 Å². The van der Waals surface area contributed by atoms with Crippen molar-refractivity contribution in [2.24, 2.45) is 5.92 Å². The van der Waals surface area contributed by atoms with Gasteiger partial charge in [0, 0.05) is 42.6 Å². The molecule has 2 heterocycles. The third-order valence-corrected chi connectivity index (χ3v) is 5.39. The van der Waals surface area contributed by atoms with E-state index in [4.69, 9.17) is 4.98 Å². The molecule has 0 radical (unpaired) electrons. The first-order valence-electron chi connectivity index (χ1n) is 7.11. The van der Waals surface area contributed by atoms with Gasteiger partial charge in [-0.2, -0.15) is 11.8 Å². The van der Waals surface area contributed by atoms with E-state index in [0.717, 1.165) is 19.6 Å². The summed E-state index contributed by atoms with van der Waals surface area (Å²) in [6, 6.07) is 0.683. The quantitative estimate of drug-likeness (QED) is 0.874. The summed E-state index contributed by atoms with van der Waals surface area (Å²) < 4.78 is 0. The molecule has 1 aliphatic rings. The molecule has 1 N–H and O–H groups in total. The predicted molar refractivity (Wildman–Crippen MR) is 85.9 cm³/mol. The Bertz CT molecular complexity index is 379. The first kappa shape index (κ1) is 15.3. The number of hydrogen-bond donors (Lipinski definition) is 1. The first-order chi connectivity index (χ1) is 9.15. The minimum Gasteiger partial charge on any atom is -0.310 e. The van der Waals surface area contributed by atoms with Gasteiger partial charge in [0.25, 0.3) is 0 Å². The number of rotatable bonds is 6. The van der Waals surface area contributed by atoms with Crippen LogP contribution < -0.4 is 5.32 Å². The van der Waals surface area contributed by atoms with Crippen LogP contribution in [0.1, 0.15) is 31.5 Å². The van der Waals surface area contributed by atoms with Crippen molar-refractivity contribution in [1.82, 2.24) is 15.2 Å². The van der Waals surface area contributed by atoms with Crippen molar-refractivity contribution in [2.75, 3.05) is 24.6 Å². The van der Waals surface area contributed by atoms with Gasteiger partial charge >= 0.3 is 0 Å². The number of nitrogens with zero attached hydrogens (tertiary/aromatic N) is 2. The highest BCUT2D eigenvalue weighted by molar-refractivity contribution is 7.99. The van der Waals surface area contributed by atoms with E-state index in [0.29, 0.717) is 12.0 Å². The third-order valence-electron chi connectivity index (χ3n) is 3.30. The van der Waals surface area contributed by atoms with Gasteiger partial charge in [-0.05, 0) is 19.4 Å². The lowest BCUT2D eigenvalue weighted by Gasteiger charge is -2.32. The molecule has 19 heavy (non-hydrogen) atoms. The molecule has 1 aliphatic heterocycles. The zero-order chi connectivity index (χ0) is 13.7. The molecular weight excluding hydrogens is 274 g/mol. The topological polar surface area (TPSA) is 28.2 Å². The second kappa shape index (κ2) is 7.62. The van der Waals surface area contributed by atoms with E-state index in [9.17, 15) is 0 Å². The SMILES string of the molecule is CC(C)CNCc1nc(CN2CCSCC2C)cs1. The van der Waals surface area contributed by atoms with Gasteiger partial charge in [0.05, 0.1) is 5.69 Å². The van der Waals surface area contributed by atoms with Gasteiger partial charge in [-0.15, -0.1) is 11.3 Å². The smallest absolute Gasteiger partial charge is 0.107 e. The van der Waals surface area contributed by atoms with Gasteiger partial charge in [-0.1, -0.05) is 13.8 Å². The van der Waals surface area contributed by atoms with Gasteiger partial charge in [0.1, 0.15) is 5.01 Å². The lowest BCUT2D eigenvalue weighted by molar-refractivity contribution is 0.221. The van der Waals surface area contributed by atoms with Crippen molar-refractivity contribution in [3.8, 4) is 0 Å². The van der Waals surface area contributed by atoms with Crippen molar-refractivity contribution in [3.05, 3.63) is 16.1 Å². The second-order valence-electron chi connectivity index (χ2n) is 5.65. The molecule has 108 valence electrons. The van der Waals surface area contributed by atoms with Crippen LogP contribution >= 0.6 is 23.1 Å². The highest BCUT2D eigenvalue weighted by Gasteiger charge is 2.19. The van der Waals surface area contributed by atoms with E-state index in [1.165, 1.54) is 28.8 Å². The van der Waals surface area contributed by atoms with E-state index in [1.807, 2.05) is 0 Å². The minimum atomic E-state index is 0.683. The molecule has 1 aromatic rings. The average Bonchev–Trinajstić information content (AvgIpc) is 2.79. The highest BCUT2D eigenvalue weighted by atomic mass is 32.2. The summed E-state index contributed by atoms with van der Waals surface area (Å²) in [6.07, 6.45) is 0. The molecule has 1 atom stereocenters. The normalized spacial score (nSPS) is 21.2. The number of thiazole rings is 1. The highest BCUT2D eigenvalue weighted by Crippen LogP contribution is 2.19. The summed E-state index contributed by atoms with van der Waals surface area (Å²) in [7, 11) is 0. The van der Waals surface area contributed by atoms with E-state index < -0.39 is 0 Å². The Kier molecular flexibility index (Phi) is 6.13.